The molecule has 0 spiro atoms. The van der Waals surface area contributed by atoms with E-state index in [1.54, 1.807) is 0 Å². The molecule has 0 fully saturated rings. The molecule has 2 rings (SSSR count). The van der Waals surface area contributed by atoms with Crippen LogP contribution >= 0.6 is 0 Å². The normalized spacial score (nSPS) is 9.79. The molecule has 0 aliphatic rings. The largest absolute Gasteiger partial charge is 1.00 e. The van der Waals surface area contributed by atoms with E-state index in [9.17, 15) is 14.3 Å². The van der Waals surface area contributed by atoms with E-state index in [4.69, 9.17) is 0 Å². The maximum atomic E-state index is 13.0. The van der Waals surface area contributed by atoms with Gasteiger partial charge >= 0.3 is 35.2 Å². The molecule has 0 saturated heterocycles. The first kappa shape index (κ1) is 11.2. The first-order valence-corrected chi connectivity index (χ1v) is 3.54. The van der Waals surface area contributed by atoms with Crippen molar-refractivity contribution in [3.63, 3.8) is 0 Å². The minimum absolute atomic E-state index is 0. The van der Waals surface area contributed by atoms with Gasteiger partial charge in [-0.1, -0.05) is 6.07 Å². The van der Waals surface area contributed by atoms with Crippen LogP contribution in [0.25, 0.3) is 10.9 Å². The predicted molar refractivity (Wildman–Crippen MR) is 41.8 cm³/mol. The number of nitrogens with one attached hydrogen (secondary N) is 1. The molecule has 0 radical (unpaired) electrons. The molecular formula is C8H4FN2NaO2. The molecule has 4 nitrogen and oxygen atoms in total. The number of nitrogens with zero attached hydrogens (tertiary/aromatic N) is 1. The predicted octanol–water partition coefficient (Wildman–Crippen LogP) is -2.86. The number of hydrogen-bond donors (Lipinski definition) is 1. The molecule has 1 N–H and O–H groups in total. The fraction of sp³-hybridized carbons (Fsp3) is 0. The van der Waals surface area contributed by atoms with Gasteiger partial charge in [0, 0.05) is 5.39 Å². The summed E-state index contributed by atoms with van der Waals surface area (Å²) in [6.45, 7) is 0. The number of aromatic nitrogens is 2. The quantitative estimate of drug-likeness (QED) is 0.467. The van der Waals surface area contributed by atoms with Gasteiger partial charge in [0.1, 0.15) is 5.82 Å². The minimum Gasteiger partial charge on any atom is -0.860 e. The molecule has 2 aromatic rings. The smallest absolute Gasteiger partial charge is 0.860 e. The van der Waals surface area contributed by atoms with Gasteiger partial charge in [-0.3, -0.25) is 0 Å². The van der Waals surface area contributed by atoms with E-state index in [0.717, 1.165) is 6.07 Å². The molecule has 0 bridgehead atoms. The van der Waals surface area contributed by atoms with E-state index in [2.05, 4.69) is 4.98 Å². The second-order valence-corrected chi connectivity index (χ2v) is 2.51. The number of H-pyrrole nitrogens is 1. The van der Waals surface area contributed by atoms with Crippen LogP contribution in [-0.4, -0.2) is 9.97 Å². The summed E-state index contributed by atoms with van der Waals surface area (Å²) in [6, 6.07) is 3.95. The van der Waals surface area contributed by atoms with Gasteiger partial charge in [0.2, 0.25) is 0 Å². The molecule has 1 heterocycles. The van der Waals surface area contributed by atoms with Crippen LogP contribution in [0.3, 0.4) is 0 Å². The Morgan fingerprint density at radius 3 is 2.86 bits per heavy atom. The summed E-state index contributed by atoms with van der Waals surface area (Å²) in [5, 5.41) is 10.9. The van der Waals surface area contributed by atoms with Crippen LogP contribution in [0, 0.1) is 5.82 Å². The van der Waals surface area contributed by atoms with E-state index in [0.29, 0.717) is 0 Å². The fourth-order valence-electron chi connectivity index (χ4n) is 1.13. The van der Waals surface area contributed by atoms with Gasteiger partial charge in [-0.05, 0) is 18.0 Å². The fourth-order valence-corrected chi connectivity index (χ4v) is 1.13. The number of aromatic amines is 1. The number of halogens is 1. The zero-order chi connectivity index (χ0) is 9.42. The second-order valence-electron chi connectivity index (χ2n) is 2.51. The van der Waals surface area contributed by atoms with Crippen LogP contribution in [0.4, 0.5) is 4.39 Å². The summed E-state index contributed by atoms with van der Waals surface area (Å²) >= 11 is 0. The molecule has 0 aliphatic heterocycles. The summed E-state index contributed by atoms with van der Waals surface area (Å²) in [5.41, 5.74) is -0.683. The van der Waals surface area contributed by atoms with Crippen molar-refractivity contribution in [2.45, 2.75) is 0 Å². The molecule has 6 heteroatoms. The van der Waals surface area contributed by atoms with Crippen molar-refractivity contribution < 1.29 is 39.1 Å². The second kappa shape index (κ2) is 4.08. The molecule has 0 atom stereocenters. The Morgan fingerprint density at radius 2 is 2.14 bits per heavy atom. The maximum Gasteiger partial charge on any atom is 1.00 e. The van der Waals surface area contributed by atoms with Crippen molar-refractivity contribution in [1.82, 2.24) is 9.97 Å². The van der Waals surface area contributed by atoms with Gasteiger partial charge in [0.15, 0.2) is 0 Å². The van der Waals surface area contributed by atoms with Gasteiger partial charge in [0.05, 0.1) is 5.52 Å². The first-order valence-electron chi connectivity index (χ1n) is 3.54. The van der Waals surface area contributed by atoms with Crippen molar-refractivity contribution in [2.75, 3.05) is 0 Å². The molecule has 66 valence electrons. The average Bonchev–Trinajstić information content (AvgIpc) is 2.02. The summed E-state index contributed by atoms with van der Waals surface area (Å²) in [6.07, 6.45) is 0. The van der Waals surface area contributed by atoms with Crippen LogP contribution in [0.15, 0.2) is 23.0 Å². The number of fused-ring (bicyclic) bond motifs is 1. The summed E-state index contributed by atoms with van der Waals surface area (Å²) < 4.78 is 13.0. The van der Waals surface area contributed by atoms with E-state index < -0.39 is 17.4 Å². The Balaban J connectivity index is 0.000000980. The van der Waals surface area contributed by atoms with Crippen molar-refractivity contribution in [3.8, 4) is 5.88 Å². The summed E-state index contributed by atoms with van der Waals surface area (Å²) in [7, 11) is 0. The third kappa shape index (κ3) is 1.79. The van der Waals surface area contributed by atoms with Crippen LogP contribution in [-0.2, 0) is 0 Å². The van der Waals surface area contributed by atoms with Gasteiger partial charge in [-0.25, -0.2) is 9.18 Å². The molecular weight excluding hydrogens is 198 g/mol. The van der Waals surface area contributed by atoms with Crippen LogP contribution in [0.2, 0.25) is 0 Å². The Kier molecular flexibility index (Phi) is 3.25. The zero-order valence-electron chi connectivity index (χ0n) is 7.37. The van der Waals surface area contributed by atoms with E-state index >= 15 is 0 Å². The Bertz CT molecular complexity index is 526. The van der Waals surface area contributed by atoms with Gasteiger partial charge in [0.25, 0.3) is 0 Å². The molecule has 1 aromatic carbocycles. The third-order valence-electron chi connectivity index (χ3n) is 1.66. The van der Waals surface area contributed by atoms with Crippen LogP contribution in [0.5, 0.6) is 5.88 Å². The minimum atomic E-state index is -0.761. The Hall–Kier alpha value is -0.910. The average molecular weight is 202 g/mol. The van der Waals surface area contributed by atoms with Crippen molar-refractivity contribution >= 4 is 10.9 Å². The standard InChI is InChI=1S/C8H5FN2O2.Na/c9-4-2-1-3-5-6(4)7(12)11-8(13)10-5;/h1-3H,(H2,10,11,12,13);/q;+1/p-1. The first-order chi connectivity index (χ1) is 6.18. The van der Waals surface area contributed by atoms with Gasteiger partial charge in [-0.15, -0.1) is 0 Å². The molecule has 0 unspecified atom stereocenters. The monoisotopic (exact) mass is 202 g/mol. The van der Waals surface area contributed by atoms with Crippen LogP contribution < -0.4 is 40.4 Å². The Labute approximate surface area is 100 Å². The SMILES string of the molecule is O=c1nc2cccc(F)c2c([O-])[nH]1.[Na+]. The van der Waals surface area contributed by atoms with E-state index in [1.165, 1.54) is 12.1 Å². The third-order valence-corrected chi connectivity index (χ3v) is 1.66. The van der Waals surface area contributed by atoms with Crippen LogP contribution in [0.1, 0.15) is 0 Å². The number of rotatable bonds is 0. The van der Waals surface area contributed by atoms with Crippen molar-refractivity contribution in [3.05, 3.63) is 34.5 Å². The van der Waals surface area contributed by atoms with E-state index in [1.807, 2.05) is 4.98 Å². The van der Waals surface area contributed by atoms with Gasteiger partial charge in [-0.2, -0.15) is 4.98 Å². The van der Waals surface area contributed by atoms with E-state index in [-0.39, 0.29) is 40.5 Å². The zero-order valence-corrected chi connectivity index (χ0v) is 9.37. The Morgan fingerprint density at radius 1 is 1.43 bits per heavy atom. The molecule has 0 saturated carbocycles. The molecule has 0 aliphatic carbocycles. The van der Waals surface area contributed by atoms with Crippen molar-refractivity contribution in [1.29, 1.82) is 0 Å². The maximum absolute atomic E-state index is 13.0. The molecule has 14 heavy (non-hydrogen) atoms. The topological polar surface area (TPSA) is 68.8 Å². The van der Waals surface area contributed by atoms with Crippen molar-refractivity contribution in [2.24, 2.45) is 0 Å². The number of hydrogen-bond acceptors (Lipinski definition) is 3. The number of benzene rings is 1. The summed E-state index contributed by atoms with van der Waals surface area (Å²) in [5.74, 6) is -1.42. The molecule has 1 aromatic heterocycles. The molecule has 0 amide bonds. The summed E-state index contributed by atoms with van der Waals surface area (Å²) in [4.78, 5) is 16.1. The van der Waals surface area contributed by atoms with Gasteiger partial charge < -0.3 is 10.1 Å².